The fraction of sp³-hybridized carbons (Fsp3) is 0.500. The number of aliphatic hydroxyl groups is 3. The number of thiazole rings is 1. The number of fused-ring (bicyclic) bond motifs is 2. The molecule has 3 heterocycles. The molecule has 2 fully saturated rings. The summed E-state index contributed by atoms with van der Waals surface area (Å²) in [7, 11) is 1.56. The van der Waals surface area contributed by atoms with Gasteiger partial charge >= 0.3 is 11.9 Å². The highest BCUT2D eigenvalue weighted by Crippen LogP contribution is 2.59. The lowest BCUT2D eigenvalue weighted by atomic mass is 9.74. The molecule has 0 aliphatic carbocycles. The van der Waals surface area contributed by atoms with E-state index in [9.17, 15) is 39.9 Å². The van der Waals surface area contributed by atoms with Gasteiger partial charge in [0.2, 0.25) is 11.2 Å². The van der Waals surface area contributed by atoms with Crippen LogP contribution in [0.1, 0.15) is 44.1 Å². The molecule has 8 atom stereocenters. The number of carboxylic acids is 2. The number of carboxylic acid groups (broad SMARTS) is 2. The second-order valence-electron chi connectivity index (χ2n) is 10.7. The number of Topliss-reactive ketones (excluding diaryl/α,β-unsaturated/α-hetero) is 1. The van der Waals surface area contributed by atoms with E-state index < -0.39 is 53.2 Å². The lowest BCUT2D eigenvalue weighted by Crippen LogP contribution is -2.73. The lowest BCUT2D eigenvalue weighted by molar-refractivity contribution is -0.383. The van der Waals surface area contributed by atoms with Gasteiger partial charge in [-0.25, -0.2) is 14.6 Å². The Morgan fingerprint density at radius 3 is 2.34 bits per heavy atom. The minimum atomic E-state index is -3.39. The topological polar surface area (TPSA) is 196 Å². The molecule has 0 saturated carbocycles. The SMILES string of the molecule is C=C(CC[C@]12O[C@H](c3csc(NC)n3)[C@@](O)(C(=O)O)[C@](C(=O)O)(O1)[C@H](O)[C@H]2O)[C@@H](C(C)=O)[C@H](C)Cc1ccccc1. The van der Waals surface area contributed by atoms with Gasteiger partial charge in [0.1, 0.15) is 24.1 Å². The number of ether oxygens (including phenoxy) is 2. The van der Waals surface area contributed by atoms with Crippen molar-refractivity contribution in [2.75, 3.05) is 12.4 Å². The number of anilines is 1. The lowest BCUT2D eigenvalue weighted by Gasteiger charge is -2.49. The molecule has 0 spiro atoms. The van der Waals surface area contributed by atoms with Crippen LogP contribution in [-0.4, -0.2) is 84.5 Å². The van der Waals surface area contributed by atoms with E-state index in [1.54, 1.807) is 7.05 Å². The number of carbonyl (C=O) groups excluding carboxylic acids is 1. The molecule has 2 saturated heterocycles. The van der Waals surface area contributed by atoms with E-state index in [0.29, 0.717) is 17.1 Å². The van der Waals surface area contributed by atoms with Gasteiger partial charge in [0.05, 0.1) is 5.69 Å². The summed E-state index contributed by atoms with van der Waals surface area (Å²) in [5.41, 5.74) is -5.26. The van der Waals surface area contributed by atoms with Gasteiger partial charge in [-0.3, -0.25) is 4.79 Å². The van der Waals surface area contributed by atoms with Crippen LogP contribution in [0, 0.1) is 11.8 Å². The molecule has 0 amide bonds. The second kappa shape index (κ2) is 11.2. The standard InChI is InChI=1S/C28H34N2O10S/c1-14(19(16(3)31)15(2)12-17-8-6-5-7-9-17)10-11-26-20(32)21(33)28(40-26,24(36)37)27(38,23(34)35)22(39-26)18-13-41-25(29-4)30-18/h5-9,13,15,19-22,32-33,38H,1,10-12H2,2-4H3,(H,29,30)(H,34,35)(H,36,37)/t15-,19-,20-,21-,22-,26+,27-,28+/m1/s1. The van der Waals surface area contributed by atoms with Gasteiger partial charge in [-0.15, -0.1) is 11.3 Å². The summed E-state index contributed by atoms with van der Waals surface area (Å²) in [5.74, 6) is -7.25. The molecule has 0 unspecified atom stereocenters. The van der Waals surface area contributed by atoms with Crippen molar-refractivity contribution < 1.29 is 49.4 Å². The fourth-order valence-corrected chi connectivity index (χ4v) is 6.76. The zero-order valence-electron chi connectivity index (χ0n) is 22.8. The first-order valence-electron chi connectivity index (χ1n) is 13.0. The Labute approximate surface area is 240 Å². The van der Waals surface area contributed by atoms with Gasteiger partial charge in [0, 0.05) is 24.8 Å². The number of nitrogens with zero attached hydrogens (tertiary/aromatic N) is 1. The first-order chi connectivity index (χ1) is 19.2. The monoisotopic (exact) mass is 590 g/mol. The van der Waals surface area contributed by atoms with Crippen molar-refractivity contribution in [1.82, 2.24) is 4.98 Å². The van der Waals surface area contributed by atoms with Crippen molar-refractivity contribution in [1.29, 1.82) is 0 Å². The maximum atomic E-state index is 12.7. The number of aliphatic carboxylic acids is 2. The Bertz CT molecular complexity index is 1330. The molecule has 2 aliphatic rings. The third-order valence-corrected chi connectivity index (χ3v) is 8.93. The van der Waals surface area contributed by atoms with Crippen LogP contribution in [0.2, 0.25) is 0 Å². The summed E-state index contributed by atoms with van der Waals surface area (Å²) < 4.78 is 11.6. The molecule has 13 heteroatoms. The molecule has 2 aliphatic heterocycles. The maximum Gasteiger partial charge on any atom is 0.342 e. The molecule has 1 aromatic heterocycles. The Balaban J connectivity index is 1.69. The van der Waals surface area contributed by atoms with E-state index in [-0.39, 0.29) is 30.2 Å². The molecule has 4 rings (SSSR count). The number of benzene rings is 1. The normalized spacial score (nSPS) is 32.2. The molecule has 0 radical (unpaired) electrons. The Kier molecular flexibility index (Phi) is 8.42. The predicted molar refractivity (Wildman–Crippen MR) is 146 cm³/mol. The molecule has 2 bridgehead atoms. The number of ketones is 1. The average molecular weight is 591 g/mol. The number of nitrogens with one attached hydrogen (secondary N) is 1. The number of aliphatic hydroxyl groups excluding tert-OH is 2. The Morgan fingerprint density at radius 2 is 1.80 bits per heavy atom. The van der Waals surface area contributed by atoms with E-state index in [0.717, 1.165) is 16.9 Å². The molecular weight excluding hydrogens is 556 g/mol. The highest BCUT2D eigenvalue weighted by Gasteiger charge is 2.83. The van der Waals surface area contributed by atoms with Gasteiger partial charge < -0.3 is 40.3 Å². The second-order valence-corrected chi connectivity index (χ2v) is 11.5. The summed E-state index contributed by atoms with van der Waals surface area (Å²) in [6, 6.07) is 9.58. The van der Waals surface area contributed by atoms with Crippen LogP contribution in [0.3, 0.4) is 0 Å². The molecule has 6 N–H and O–H groups in total. The first kappa shape index (κ1) is 30.8. The van der Waals surface area contributed by atoms with Crippen LogP contribution in [0.25, 0.3) is 0 Å². The average Bonchev–Trinajstić information content (AvgIpc) is 3.47. The van der Waals surface area contributed by atoms with Crippen molar-refractivity contribution in [3.63, 3.8) is 0 Å². The van der Waals surface area contributed by atoms with Crippen LogP contribution in [-0.2, 0) is 30.3 Å². The summed E-state index contributed by atoms with van der Waals surface area (Å²) in [6.07, 6.45) is -6.18. The van der Waals surface area contributed by atoms with Crippen LogP contribution in [0.4, 0.5) is 5.13 Å². The van der Waals surface area contributed by atoms with Gasteiger partial charge in [-0.2, -0.15) is 0 Å². The van der Waals surface area contributed by atoms with Crippen LogP contribution in [0.5, 0.6) is 0 Å². The molecule has 12 nitrogen and oxygen atoms in total. The number of allylic oxidation sites excluding steroid dienone is 1. The Morgan fingerprint density at radius 1 is 1.15 bits per heavy atom. The number of rotatable bonds is 12. The van der Waals surface area contributed by atoms with Crippen LogP contribution < -0.4 is 5.32 Å². The van der Waals surface area contributed by atoms with Gasteiger partial charge in [-0.1, -0.05) is 49.4 Å². The zero-order valence-corrected chi connectivity index (χ0v) is 23.6. The third-order valence-electron chi connectivity index (χ3n) is 8.05. The molecule has 1 aromatic carbocycles. The van der Waals surface area contributed by atoms with Crippen molar-refractivity contribution in [2.24, 2.45) is 11.8 Å². The van der Waals surface area contributed by atoms with Crippen molar-refractivity contribution in [2.45, 2.75) is 68.4 Å². The summed E-state index contributed by atoms with van der Waals surface area (Å²) in [6.45, 7) is 7.44. The van der Waals surface area contributed by atoms with Gasteiger partial charge in [-0.05, 0) is 31.2 Å². The highest BCUT2D eigenvalue weighted by atomic mass is 32.1. The summed E-state index contributed by atoms with van der Waals surface area (Å²) in [5, 5.41) is 58.4. The molecular formula is C28H34N2O10S. The van der Waals surface area contributed by atoms with Crippen molar-refractivity contribution >= 4 is 34.2 Å². The molecule has 2 aromatic rings. The number of hydrogen-bond acceptors (Lipinski definition) is 11. The largest absolute Gasteiger partial charge is 0.479 e. The number of hydrogen-bond donors (Lipinski definition) is 6. The van der Waals surface area contributed by atoms with Crippen LogP contribution >= 0.6 is 11.3 Å². The third kappa shape index (κ3) is 4.86. The fourth-order valence-electron chi connectivity index (χ4n) is 6.07. The Hall–Kier alpha value is -3.20. The van der Waals surface area contributed by atoms with Gasteiger partial charge in [0.25, 0.3) is 0 Å². The van der Waals surface area contributed by atoms with E-state index in [2.05, 4.69) is 16.9 Å². The maximum absolute atomic E-state index is 12.7. The summed E-state index contributed by atoms with van der Waals surface area (Å²) in [4.78, 5) is 42.0. The molecule has 41 heavy (non-hydrogen) atoms. The molecule has 222 valence electrons. The first-order valence-corrected chi connectivity index (χ1v) is 13.9. The van der Waals surface area contributed by atoms with Gasteiger partial charge in [0.15, 0.2) is 10.9 Å². The predicted octanol–water partition coefficient (Wildman–Crippen LogP) is 1.76. The van der Waals surface area contributed by atoms with E-state index in [1.807, 2.05) is 37.3 Å². The number of aromatic nitrogens is 1. The highest BCUT2D eigenvalue weighted by molar-refractivity contribution is 7.13. The zero-order chi connectivity index (χ0) is 30.3. The summed E-state index contributed by atoms with van der Waals surface area (Å²) >= 11 is 1.04. The van der Waals surface area contributed by atoms with Crippen LogP contribution in [0.15, 0.2) is 47.9 Å². The smallest absolute Gasteiger partial charge is 0.342 e. The minimum absolute atomic E-state index is 0.0140. The van der Waals surface area contributed by atoms with Crippen molar-refractivity contribution in [3.05, 3.63) is 59.1 Å². The van der Waals surface area contributed by atoms with E-state index >= 15 is 0 Å². The van der Waals surface area contributed by atoms with E-state index in [4.69, 9.17) is 9.47 Å². The van der Waals surface area contributed by atoms with Crippen molar-refractivity contribution in [3.8, 4) is 0 Å². The quantitative estimate of drug-likeness (QED) is 0.196. The number of carbonyl (C=O) groups is 3. The minimum Gasteiger partial charge on any atom is -0.479 e. The van der Waals surface area contributed by atoms with E-state index in [1.165, 1.54) is 12.3 Å².